The monoisotopic (exact) mass is 347 g/mol. The average molecular weight is 347 g/mol. The predicted octanol–water partition coefficient (Wildman–Crippen LogP) is 2.28. The van der Waals surface area contributed by atoms with Crippen LogP contribution in [0, 0.1) is 0 Å². The third-order valence-corrected chi connectivity index (χ3v) is 6.06. The van der Waals surface area contributed by atoms with Gasteiger partial charge in [0.25, 0.3) is 0 Å². The molecule has 0 radical (unpaired) electrons. The number of hydrogen-bond donors (Lipinski definition) is 0. The molecule has 0 unspecified atom stereocenters. The molecular formula is C20H14NO3P. The highest BCUT2D eigenvalue weighted by atomic mass is 31.1. The summed E-state index contributed by atoms with van der Waals surface area (Å²) in [6.07, 6.45) is 3.93. The first-order chi connectivity index (χ1) is 12.2. The topological polar surface area (TPSA) is 64.1 Å². The fourth-order valence-electron chi connectivity index (χ4n) is 2.42. The van der Waals surface area contributed by atoms with E-state index in [0.29, 0.717) is 16.7 Å². The highest BCUT2D eigenvalue weighted by Gasteiger charge is 2.18. The Kier molecular flexibility index (Phi) is 5.22. The Labute approximate surface area is 146 Å². The number of pyridine rings is 1. The standard InChI is InChI=1S/C20H14NO3P/c22-12-15-1-6-18(7-2-15)25(19-8-3-16(13-23)4-9-19)20-10-5-17(14-24)11-21-20/h1-14H. The molecule has 0 atom stereocenters. The lowest BCUT2D eigenvalue weighted by atomic mass is 10.2. The third kappa shape index (κ3) is 3.76. The summed E-state index contributed by atoms with van der Waals surface area (Å²) in [5.41, 5.74) is 2.59. The van der Waals surface area contributed by atoms with Crippen molar-refractivity contribution in [3.8, 4) is 0 Å². The maximum atomic E-state index is 10.9. The number of hydrogen-bond acceptors (Lipinski definition) is 4. The summed E-state index contributed by atoms with van der Waals surface area (Å²) in [6, 6.07) is 18.3. The lowest BCUT2D eigenvalue weighted by molar-refractivity contribution is 0.111. The Hall–Kier alpha value is -2.97. The van der Waals surface area contributed by atoms with Crippen molar-refractivity contribution in [2.45, 2.75) is 0 Å². The van der Waals surface area contributed by atoms with E-state index in [0.717, 1.165) is 34.9 Å². The van der Waals surface area contributed by atoms with Crippen LogP contribution in [0.1, 0.15) is 31.1 Å². The molecule has 1 heterocycles. The average Bonchev–Trinajstić information content (AvgIpc) is 2.70. The lowest BCUT2D eigenvalue weighted by Crippen LogP contribution is -2.23. The van der Waals surface area contributed by atoms with E-state index < -0.39 is 7.92 Å². The van der Waals surface area contributed by atoms with Crippen molar-refractivity contribution in [3.05, 3.63) is 83.6 Å². The molecule has 3 rings (SSSR count). The number of benzene rings is 2. The summed E-state index contributed by atoms with van der Waals surface area (Å²) < 4.78 is 0. The molecular weight excluding hydrogens is 333 g/mol. The Morgan fingerprint density at radius 1 is 0.600 bits per heavy atom. The molecule has 0 N–H and O–H groups in total. The van der Waals surface area contributed by atoms with Crippen LogP contribution in [0.2, 0.25) is 0 Å². The minimum Gasteiger partial charge on any atom is -0.298 e. The van der Waals surface area contributed by atoms with Gasteiger partial charge in [0.1, 0.15) is 12.6 Å². The number of carbonyl (C=O) groups excluding carboxylic acids is 3. The molecule has 0 fully saturated rings. The minimum absolute atomic E-state index is 0.520. The van der Waals surface area contributed by atoms with E-state index in [9.17, 15) is 14.4 Å². The fraction of sp³-hybridized carbons (Fsp3) is 0. The molecule has 0 saturated heterocycles. The van der Waals surface area contributed by atoms with Crippen molar-refractivity contribution in [1.29, 1.82) is 0 Å². The molecule has 0 amide bonds. The van der Waals surface area contributed by atoms with Crippen molar-refractivity contribution in [2.24, 2.45) is 0 Å². The van der Waals surface area contributed by atoms with E-state index in [4.69, 9.17) is 0 Å². The largest absolute Gasteiger partial charge is 0.298 e. The van der Waals surface area contributed by atoms with E-state index in [1.54, 1.807) is 36.5 Å². The number of rotatable bonds is 6. The normalized spacial score (nSPS) is 10.4. The van der Waals surface area contributed by atoms with E-state index in [1.807, 2.05) is 30.3 Å². The van der Waals surface area contributed by atoms with Crippen LogP contribution in [-0.4, -0.2) is 23.8 Å². The number of nitrogens with zero attached hydrogens (tertiary/aromatic N) is 1. The van der Waals surface area contributed by atoms with Crippen molar-refractivity contribution in [3.63, 3.8) is 0 Å². The molecule has 0 saturated carbocycles. The van der Waals surface area contributed by atoms with E-state index in [1.165, 1.54) is 0 Å². The van der Waals surface area contributed by atoms with E-state index >= 15 is 0 Å². The summed E-state index contributed by atoms with van der Waals surface area (Å²) in [5, 5.41) is 2.07. The second-order valence-electron chi connectivity index (χ2n) is 5.32. The van der Waals surface area contributed by atoms with Crippen LogP contribution in [0.3, 0.4) is 0 Å². The number of aromatic nitrogens is 1. The molecule has 25 heavy (non-hydrogen) atoms. The third-order valence-electron chi connectivity index (χ3n) is 3.71. The zero-order valence-electron chi connectivity index (χ0n) is 13.2. The van der Waals surface area contributed by atoms with Crippen molar-refractivity contribution < 1.29 is 14.4 Å². The summed E-state index contributed by atoms with van der Waals surface area (Å²) in [5.74, 6) is 0. The SMILES string of the molecule is O=Cc1ccc(P(c2ccc(C=O)cc2)c2ccc(C=O)cn2)cc1. The zero-order chi connectivity index (χ0) is 17.6. The number of aldehydes is 3. The molecule has 3 aromatic rings. The summed E-state index contributed by atoms with van der Waals surface area (Å²) in [6.45, 7) is 0. The zero-order valence-corrected chi connectivity index (χ0v) is 14.1. The Bertz CT molecular complexity index is 765. The molecule has 122 valence electrons. The molecule has 0 bridgehead atoms. The molecule has 0 aliphatic carbocycles. The Balaban J connectivity index is 2.09. The van der Waals surface area contributed by atoms with E-state index in [2.05, 4.69) is 4.98 Å². The van der Waals surface area contributed by atoms with Gasteiger partial charge in [0.05, 0.1) is 5.44 Å². The molecule has 1 aromatic heterocycles. The summed E-state index contributed by atoms with van der Waals surface area (Å²) in [7, 11) is -0.957. The van der Waals surface area contributed by atoms with Gasteiger partial charge >= 0.3 is 0 Å². The summed E-state index contributed by atoms with van der Waals surface area (Å²) >= 11 is 0. The first kappa shape index (κ1) is 16.9. The fourth-order valence-corrected chi connectivity index (χ4v) is 4.54. The maximum Gasteiger partial charge on any atom is 0.151 e. The Morgan fingerprint density at radius 3 is 1.40 bits per heavy atom. The van der Waals surface area contributed by atoms with Crippen molar-refractivity contribution in [2.75, 3.05) is 0 Å². The van der Waals surface area contributed by atoms with Crippen LogP contribution in [0.5, 0.6) is 0 Å². The van der Waals surface area contributed by atoms with Crippen molar-refractivity contribution >= 4 is 42.8 Å². The van der Waals surface area contributed by atoms with Gasteiger partial charge < -0.3 is 0 Å². The van der Waals surface area contributed by atoms with Gasteiger partial charge in [-0.3, -0.25) is 19.4 Å². The van der Waals surface area contributed by atoms with Gasteiger partial charge in [0.2, 0.25) is 0 Å². The second kappa shape index (κ2) is 7.73. The summed E-state index contributed by atoms with van der Waals surface area (Å²) in [4.78, 5) is 37.1. The highest BCUT2D eigenvalue weighted by Crippen LogP contribution is 2.31. The van der Waals surface area contributed by atoms with Crippen LogP contribution in [0.4, 0.5) is 0 Å². The van der Waals surface area contributed by atoms with Gasteiger partial charge in [0, 0.05) is 30.8 Å². The Morgan fingerprint density at radius 2 is 1.04 bits per heavy atom. The van der Waals surface area contributed by atoms with Gasteiger partial charge in [-0.25, -0.2) is 0 Å². The number of carbonyl (C=O) groups is 3. The van der Waals surface area contributed by atoms with Crippen LogP contribution < -0.4 is 16.0 Å². The van der Waals surface area contributed by atoms with Crippen molar-refractivity contribution in [1.82, 2.24) is 4.98 Å². The van der Waals surface area contributed by atoms with Crippen LogP contribution in [0.15, 0.2) is 66.9 Å². The smallest absolute Gasteiger partial charge is 0.151 e. The van der Waals surface area contributed by atoms with Crippen LogP contribution >= 0.6 is 7.92 Å². The van der Waals surface area contributed by atoms with Gasteiger partial charge in [0.15, 0.2) is 6.29 Å². The van der Waals surface area contributed by atoms with E-state index in [-0.39, 0.29) is 0 Å². The minimum atomic E-state index is -0.957. The molecule has 5 heteroatoms. The first-order valence-electron chi connectivity index (χ1n) is 7.57. The molecule has 0 aliphatic heterocycles. The predicted molar refractivity (Wildman–Crippen MR) is 99.1 cm³/mol. The highest BCUT2D eigenvalue weighted by molar-refractivity contribution is 7.79. The van der Waals surface area contributed by atoms with Gasteiger partial charge in [-0.15, -0.1) is 0 Å². The second-order valence-corrected chi connectivity index (χ2v) is 7.48. The molecule has 4 nitrogen and oxygen atoms in total. The molecule has 0 spiro atoms. The molecule has 0 aliphatic rings. The molecule has 2 aromatic carbocycles. The van der Waals surface area contributed by atoms with Gasteiger partial charge in [-0.05, 0) is 22.7 Å². The van der Waals surface area contributed by atoms with Gasteiger partial charge in [-0.2, -0.15) is 0 Å². The first-order valence-corrected chi connectivity index (χ1v) is 8.91. The van der Waals surface area contributed by atoms with Gasteiger partial charge in [-0.1, -0.05) is 48.5 Å². The maximum absolute atomic E-state index is 10.9. The van der Waals surface area contributed by atoms with Crippen LogP contribution in [-0.2, 0) is 0 Å². The lowest BCUT2D eigenvalue weighted by Gasteiger charge is -2.18. The van der Waals surface area contributed by atoms with Crippen LogP contribution in [0.25, 0.3) is 0 Å². The quantitative estimate of drug-likeness (QED) is 0.507.